The number of thiazole rings is 1. The van der Waals surface area contributed by atoms with Crippen LogP contribution in [0.2, 0.25) is 0 Å². The van der Waals surface area contributed by atoms with Gasteiger partial charge in [-0.1, -0.05) is 23.9 Å². The Morgan fingerprint density at radius 1 is 1.38 bits per heavy atom. The van der Waals surface area contributed by atoms with Crippen molar-refractivity contribution in [3.63, 3.8) is 0 Å². The van der Waals surface area contributed by atoms with Crippen LogP contribution in [0, 0.1) is 32.1 Å². The van der Waals surface area contributed by atoms with E-state index in [1.807, 2.05) is 36.9 Å². The molecule has 3 rings (SSSR count). The normalized spacial score (nSPS) is 11.9. The Balaban J connectivity index is 1.77. The third kappa shape index (κ3) is 3.87. The van der Waals surface area contributed by atoms with Gasteiger partial charge in [0.2, 0.25) is 0 Å². The number of hydrogen-bond acceptors (Lipinski definition) is 6. The van der Waals surface area contributed by atoms with Gasteiger partial charge < -0.3 is 0 Å². The molecule has 3 aromatic rings. The first kappa shape index (κ1) is 18.4. The Labute approximate surface area is 160 Å². The molecule has 1 aromatic carbocycles. The zero-order chi connectivity index (χ0) is 18.7. The third-order valence-corrected chi connectivity index (χ3v) is 5.93. The number of ketones is 1. The fourth-order valence-electron chi connectivity index (χ4n) is 2.55. The third-order valence-electron chi connectivity index (χ3n) is 3.91. The first-order valence-corrected chi connectivity index (χ1v) is 9.94. The summed E-state index contributed by atoms with van der Waals surface area (Å²) in [7, 11) is 0. The standard InChI is InChI=1S/C19H18N4OS2/c1-12-4-5-13(2)16(8-12)23-7-6-21-19(23)26-11-17(24)15(9-20)18-22-14(3)10-25-18/h4-8,10,15H,11H2,1-3H3. The van der Waals surface area contributed by atoms with Crippen LogP contribution in [0.1, 0.15) is 27.7 Å². The Morgan fingerprint density at radius 2 is 2.19 bits per heavy atom. The highest BCUT2D eigenvalue weighted by molar-refractivity contribution is 7.99. The van der Waals surface area contributed by atoms with E-state index in [2.05, 4.69) is 34.2 Å². The molecular weight excluding hydrogens is 364 g/mol. The van der Waals surface area contributed by atoms with Crippen LogP contribution >= 0.6 is 23.1 Å². The van der Waals surface area contributed by atoms with Gasteiger partial charge in [0.25, 0.3) is 0 Å². The molecule has 0 fully saturated rings. The molecule has 1 unspecified atom stereocenters. The highest BCUT2D eigenvalue weighted by Crippen LogP contribution is 2.27. The molecule has 0 spiro atoms. The lowest BCUT2D eigenvalue weighted by Crippen LogP contribution is -2.13. The number of rotatable bonds is 6. The van der Waals surface area contributed by atoms with Gasteiger partial charge in [0, 0.05) is 23.5 Å². The van der Waals surface area contributed by atoms with Crippen LogP contribution in [-0.2, 0) is 4.79 Å². The van der Waals surface area contributed by atoms with E-state index in [1.165, 1.54) is 23.1 Å². The average molecular weight is 383 g/mol. The summed E-state index contributed by atoms with van der Waals surface area (Å²) in [6.45, 7) is 5.95. The molecule has 0 N–H and O–H groups in total. The number of thioether (sulfide) groups is 1. The maximum Gasteiger partial charge on any atom is 0.173 e. The van der Waals surface area contributed by atoms with E-state index in [9.17, 15) is 10.1 Å². The van der Waals surface area contributed by atoms with Crippen molar-refractivity contribution >= 4 is 28.9 Å². The first-order chi connectivity index (χ1) is 12.5. The molecule has 1 atom stereocenters. The lowest BCUT2D eigenvalue weighted by molar-refractivity contribution is -0.116. The van der Waals surface area contributed by atoms with Gasteiger partial charge in [0.05, 0.1) is 17.5 Å². The van der Waals surface area contributed by atoms with Crippen molar-refractivity contribution < 1.29 is 4.79 Å². The average Bonchev–Trinajstić information content (AvgIpc) is 3.25. The maximum absolute atomic E-state index is 12.5. The van der Waals surface area contributed by atoms with Crippen molar-refractivity contribution in [2.24, 2.45) is 0 Å². The van der Waals surface area contributed by atoms with Crippen molar-refractivity contribution in [3.05, 3.63) is 57.8 Å². The quantitative estimate of drug-likeness (QED) is 0.597. The molecule has 0 saturated heterocycles. The summed E-state index contributed by atoms with van der Waals surface area (Å²) in [5.74, 6) is -0.786. The van der Waals surface area contributed by atoms with E-state index < -0.39 is 5.92 Å². The van der Waals surface area contributed by atoms with Gasteiger partial charge in [0.15, 0.2) is 16.9 Å². The maximum atomic E-state index is 12.5. The van der Waals surface area contributed by atoms with Crippen LogP contribution < -0.4 is 0 Å². The minimum absolute atomic E-state index is 0.151. The Kier molecular flexibility index (Phi) is 5.55. The molecule has 0 bridgehead atoms. The fraction of sp³-hybridized carbons (Fsp3) is 0.263. The Bertz CT molecular complexity index is 984. The molecule has 0 radical (unpaired) electrons. The minimum Gasteiger partial charge on any atom is -0.297 e. The number of nitriles is 1. The summed E-state index contributed by atoms with van der Waals surface area (Å²) < 4.78 is 1.98. The van der Waals surface area contributed by atoms with E-state index in [0.717, 1.165) is 27.7 Å². The molecule has 26 heavy (non-hydrogen) atoms. The molecule has 132 valence electrons. The molecule has 0 amide bonds. The number of aryl methyl sites for hydroxylation is 3. The number of carbonyl (C=O) groups is 1. The summed E-state index contributed by atoms with van der Waals surface area (Å²) in [6, 6.07) is 8.32. The second-order valence-electron chi connectivity index (χ2n) is 6.01. The van der Waals surface area contributed by atoms with Gasteiger partial charge >= 0.3 is 0 Å². The number of nitrogens with zero attached hydrogens (tertiary/aromatic N) is 4. The second-order valence-corrected chi connectivity index (χ2v) is 7.85. The summed E-state index contributed by atoms with van der Waals surface area (Å²) in [6.07, 6.45) is 3.61. The van der Waals surface area contributed by atoms with Crippen LogP contribution in [0.4, 0.5) is 0 Å². The van der Waals surface area contributed by atoms with Gasteiger partial charge in [-0.15, -0.1) is 11.3 Å². The van der Waals surface area contributed by atoms with E-state index in [-0.39, 0.29) is 11.5 Å². The number of imidazole rings is 1. The van der Waals surface area contributed by atoms with Crippen molar-refractivity contribution in [3.8, 4) is 11.8 Å². The van der Waals surface area contributed by atoms with Crippen LogP contribution in [0.15, 0.2) is 41.1 Å². The lowest BCUT2D eigenvalue weighted by Gasteiger charge is -2.11. The van der Waals surface area contributed by atoms with Crippen molar-refractivity contribution in [1.82, 2.24) is 14.5 Å². The molecule has 0 saturated carbocycles. The molecule has 0 aliphatic carbocycles. The van der Waals surface area contributed by atoms with Crippen LogP contribution in [0.25, 0.3) is 5.69 Å². The van der Waals surface area contributed by atoms with Crippen molar-refractivity contribution in [2.45, 2.75) is 31.8 Å². The second kappa shape index (κ2) is 7.85. The monoisotopic (exact) mass is 382 g/mol. The topological polar surface area (TPSA) is 71.6 Å². The number of carbonyl (C=O) groups excluding carboxylic acids is 1. The molecule has 2 aromatic heterocycles. The summed E-state index contributed by atoms with van der Waals surface area (Å²) in [5, 5.41) is 12.5. The Hall–Kier alpha value is -2.43. The smallest absolute Gasteiger partial charge is 0.173 e. The molecule has 7 heteroatoms. The van der Waals surface area contributed by atoms with Crippen LogP contribution in [-0.4, -0.2) is 26.1 Å². The highest BCUT2D eigenvalue weighted by atomic mass is 32.2. The zero-order valence-corrected chi connectivity index (χ0v) is 16.4. The number of benzene rings is 1. The molecule has 5 nitrogen and oxygen atoms in total. The van der Waals surface area contributed by atoms with Gasteiger partial charge in [-0.3, -0.25) is 9.36 Å². The summed E-state index contributed by atoms with van der Waals surface area (Å²) in [5.41, 5.74) is 4.17. The van der Waals surface area contributed by atoms with Crippen LogP contribution in [0.3, 0.4) is 0 Å². The molecular formula is C19H18N4OS2. The summed E-state index contributed by atoms with van der Waals surface area (Å²) in [4.78, 5) is 21.2. The van der Waals surface area contributed by atoms with Crippen LogP contribution in [0.5, 0.6) is 0 Å². The number of aromatic nitrogens is 3. The van der Waals surface area contributed by atoms with Crippen molar-refractivity contribution in [1.29, 1.82) is 5.26 Å². The predicted octanol–water partition coefficient (Wildman–Crippen LogP) is 4.22. The van der Waals surface area contributed by atoms with E-state index in [1.54, 1.807) is 6.20 Å². The largest absolute Gasteiger partial charge is 0.297 e. The van der Waals surface area contributed by atoms with Gasteiger partial charge in [-0.05, 0) is 38.0 Å². The van der Waals surface area contributed by atoms with E-state index in [4.69, 9.17) is 0 Å². The Morgan fingerprint density at radius 3 is 2.88 bits per heavy atom. The molecule has 0 aliphatic rings. The van der Waals surface area contributed by atoms with E-state index >= 15 is 0 Å². The van der Waals surface area contributed by atoms with Gasteiger partial charge in [-0.2, -0.15) is 5.26 Å². The van der Waals surface area contributed by atoms with Gasteiger partial charge in [-0.25, -0.2) is 9.97 Å². The number of hydrogen-bond donors (Lipinski definition) is 0. The predicted molar refractivity (Wildman–Crippen MR) is 104 cm³/mol. The first-order valence-electron chi connectivity index (χ1n) is 8.07. The van der Waals surface area contributed by atoms with Crippen molar-refractivity contribution in [2.75, 3.05) is 5.75 Å². The van der Waals surface area contributed by atoms with Gasteiger partial charge in [0.1, 0.15) is 5.01 Å². The zero-order valence-electron chi connectivity index (χ0n) is 14.8. The summed E-state index contributed by atoms with van der Waals surface area (Å²) >= 11 is 2.70. The fourth-order valence-corrected chi connectivity index (χ4v) is 4.28. The number of Topliss-reactive ketones (excluding diaryl/α,β-unsaturated/α-hetero) is 1. The SMILES string of the molecule is Cc1ccc(C)c(-n2ccnc2SCC(=O)C(C#N)c2nc(C)cs2)c1. The lowest BCUT2D eigenvalue weighted by atomic mass is 10.1. The molecule has 0 aliphatic heterocycles. The highest BCUT2D eigenvalue weighted by Gasteiger charge is 2.24. The minimum atomic E-state index is -0.815. The molecule has 2 heterocycles. The van der Waals surface area contributed by atoms with E-state index in [0.29, 0.717) is 5.01 Å².